The van der Waals surface area contributed by atoms with Gasteiger partial charge in [0.05, 0.1) is 5.54 Å². The number of aromatic nitrogens is 1. The molecular formula is C10H12FN3O. The zero-order chi connectivity index (χ0) is 10.9. The summed E-state index contributed by atoms with van der Waals surface area (Å²) in [5, 5.41) is 2.51. The topological polar surface area (TPSA) is 68.0 Å². The van der Waals surface area contributed by atoms with Crippen molar-refractivity contribution in [3.8, 4) is 0 Å². The van der Waals surface area contributed by atoms with Crippen LogP contribution in [0.1, 0.15) is 19.3 Å². The van der Waals surface area contributed by atoms with Crippen molar-refractivity contribution in [3.63, 3.8) is 0 Å². The van der Waals surface area contributed by atoms with Gasteiger partial charge >= 0.3 is 0 Å². The van der Waals surface area contributed by atoms with Crippen LogP contribution in [0.25, 0.3) is 0 Å². The highest BCUT2D eigenvalue weighted by atomic mass is 19.1. The van der Waals surface area contributed by atoms with Gasteiger partial charge in [-0.25, -0.2) is 4.98 Å². The van der Waals surface area contributed by atoms with Gasteiger partial charge in [-0.3, -0.25) is 4.79 Å². The first-order valence-electron chi connectivity index (χ1n) is 4.83. The predicted octanol–water partition coefficient (Wildman–Crippen LogP) is 1.04. The van der Waals surface area contributed by atoms with Gasteiger partial charge in [-0.15, -0.1) is 0 Å². The molecule has 0 spiro atoms. The molecule has 1 aromatic heterocycles. The predicted molar refractivity (Wildman–Crippen MR) is 53.6 cm³/mol. The number of carbonyl (C=O) groups is 1. The van der Waals surface area contributed by atoms with Crippen molar-refractivity contribution in [3.05, 3.63) is 24.1 Å². The Balaban J connectivity index is 2.06. The molecule has 1 aromatic rings. The summed E-state index contributed by atoms with van der Waals surface area (Å²) in [5.41, 5.74) is 5.01. The molecule has 5 heteroatoms. The summed E-state index contributed by atoms with van der Waals surface area (Å²) < 4.78 is 12.7. The van der Waals surface area contributed by atoms with Crippen LogP contribution in [0.2, 0.25) is 0 Å². The number of halogens is 1. The molecule has 2 rings (SSSR count). The Morgan fingerprint density at radius 3 is 2.80 bits per heavy atom. The van der Waals surface area contributed by atoms with Gasteiger partial charge in [-0.05, 0) is 31.4 Å². The molecule has 0 radical (unpaired) electrons. The number of nitrogens with zero attached hydrogens (tertiary/aromatic N) is 1. The number of hydrogen-bond donors (Lipinski definition) is 2. The summed E-state index contributed by atoms with van der Waals surface area (Å²) in [6.07, 6.45) is 2.31. The minimum absolute atomic E-state index is 0.205. The lowest BCUT2D eigenvalue weighted by molar-refractivity contribution is -0.123. The highest BCUT2D eigenvalue weighted by Gasteiger charge is 2.40. The second-order valence-electron chi connectivity index (χ2n) is 3.81. The van der Waals surface area contributed by atoms with Crippen molar-refractivity contribution in [1.29, 1.82) is 0 Å². The van der Waals surface area contributed by atoms with Crippen LogP contribution in [0.15, 0.2) is 18.2 Å². The van der Waals surface area contributed by atoms with Crippen LogP contribution in [0, 0.1) is 5.95 Å². The monoisotopic (exact) mass is 209 g/mol. The summed E-state index contributed by atoms with van der Waals surface area (Å²) >= 11 is 0. The molecule has 1 amide bonds. The van der Waals surface area contributed by atoms with Crippen LogP contribution in [0.3, 0.4) is 0 Å². The molecule has 1 aliphatic rings. The number of hydrogen-bond acceptors (Lipinski definition) is 3. The number of pyridine rings is 1. The van der Waals surface area contributed by atoms with Gasteiger partial charge in [0.25, 0.3) is 0 Å². The first-order valence-corrected chi connectivity index (χ1v) is 4.83. The van der Waals surface area contributed by atoms with E-state index in [-0.39, 0.29) is 11.7 Å². The maximum atomic E-state index is 12.7. The second kappa shape index (κ2) is 3.58. The van der Waals surface area contributed by atoms with Gasteiger partial charge in [-0.1, -0.05) is 6.07 Å². The molecular weight excluding hydrogens is 197 g/mol. The Kier molecular flexibility index (Phi) is 2.40. The highest BCUT2D eigenvalue weighted by Crippen LogP contribution is 2.29. The summed E-state index contributed by atoms with van der Waals surface area (Å²) in [4.78, 5) is 15.2. The molecule has 0 bridgehead atoms. The average Bonchev–Trinajstić information content (AvgIpc) is 2.14. The number of amides is 1. The molecule has 3 N–H and O–H groups in total. The molecule has 0 atom stereocenters. The van der Waals surface area contributed by atoms with Crippen molar-refractivity contribution >= 4 is 11.7 Å². The summed E-state index contributed by atoms with van der Waals surface area (Å²) in [7, 11) is 0. The van der Waals surface area contributed by atoms with Crippen LogP contribution in [-0.4, -0.2) is 16.4 Å². The molecule has 1 heterocycles. The fourth-order valence-electron chi connectivity index (χ4n) is 1.50. The van der Waals surface area contributed by atoms with Gasteiger partial charge in [0, 0.05) is 0 Å². The Labute approximate surface area is 86.7 Å². The maximum Gasteiger partial charge on any atom is 0.245 e. The molecule has 4 nitrogen and oxygen atoms in total. The third-order valence-corrected chi connectivity index (χ3v) is 2.65. The van der Waals surface area contributed by atoms with Crippen LogP contribution in [0.5, 0.6) is 0 Å². The quantitative estimate of drug-likeness (QED) is 0.715. The van der Waals surface area contributed by atoms with Crippen molar-refractivity contribution in [2.24, 2.45) is 5.73 Å². The lowest BCUT2D eigenvalue weighted by atomic mass is 9.77. The minimum Gasteiger partial charge on any atom is -0.317 e. The third-order valence-electron chi connectivity index (χ3n) is 2.65. The van der Waals surface area contributed by atoms with Gasteiger partial charge in [0.2, 0.25) is 11.9 Å². The van der Waals surface area contributed by atoms with Crippen molar-refractivity contribution in [2.75, 3.05) is 5.32 Å². The van der Waals surface area contributed by atoms with Gasteiger partial charge in [0.15, 0.2) is 0 Å². The summed E-state index contributed by atoms with van der Waals surface area (Å²) in [6.45, 7) is 0. The third kappa shape index (κ3) is 1.97. The van der Waals surface area contributed by atoms with Gasteiger partial charge in [-0.2, -0.15) is 4.39 Å². The van der Waals surface area contributed by atoms with E-state index in [0.717, 1.165) is 6.42 Å². The molecule has 0 saturated heterocycles. The Bertz CT molecular complexity index is 390. The van der Waals surface area contributed by atoms with E-state index in [4.69, 9.17) is 5.73 Å². The molecule has 1 aliphatic carbocycles. The van der Waals surface area contributed by atoms with E-state index in [2.05, 4.69) is 10.3 Å². The summed E-state index contributed by atoms with van der Waals surface area (Å²) in [6, 6.07) is 4.24. The number of rotatable bonds is 2. The van der Waals surface area contributed by atoms with E-state index < -0.39 is 11.5 Å². The molecule has 0 unspecified atom stereocenters. The normalized spacial score (nSPS) is 18.0. The van der Waals surface area contributed by atoms with Crippen molar-refractivity contribution < 1.29 is 9.18 Å². The van der Waals surface area contributed by atoms with Gasteiger partial charge < -0.3 is 11.1 Å². The highest BCUT2D eigenvalue weighted by molar-refractivity contribution is 5.97. The Morgan fingerprint density at radius 2 is 2.27 bits per heavy atom. The first-order chi connectivity index (χ1) is 7.10. The molecule has 1 fully saturated rings. The number of carbonyl (C=O) groups excluding carboxylic acids is 1. The Morgan fingerprint density at radius 1 is 1.53 bits per heavy atom. The zero-order valence-electron chi connectivity index (χ0n) is 8.16. The van der Waals surface area contributed by atoms with Crippen molar-refractivity contribution in [2.45, 2.75) is 24.8 Å². The van der Waals surface area contributed by atoms with Crippen molar-refractivity contribution in [1.82, 2.24) is 4.98 Å². The lowest BCUT2D eigenvalue weighted by Gasteiger charge is -2.35. The Hall–Kier alpha value is -1.49. The number of anilines is 1. The van der Waals surface area contributed by atoms with E-state index >= 15 is 0 Å². The largest absolute Gasteiger partial charge is 0.317 e. The molecule has 15 heavy (non-hydrogen) atoms. The molecule has 1 saturated carbocycles. The van der Waals surface area contributed by atoms with Crippen LogP contribution in [-0.2, 0) is 4.79 Å². The average molecular weight is 209 g/mol. The molecule has 0 aromatic carbocycles. The smallest absolute Gasteiger partial charge is 0.245 e. The van der Waals surface area contributed by atoms with Gasteiger partial charge in [0.1, 0.15) is 5.82 Å². The lowest BCUT2D eigenvalue weighted by Crippen LogP contribution is -2.56. The molecule has 0 aliphatic heterocycles. The fraction of sp³-hybridized carbons (Fsp3) is 0.400. The second-order valence-corrected chi connectivity index (χ2v) is 3.81. The zero-order valence-corrected chi connectivity index (χ0v) is 8.16. The van der Waals surface area contributed by atoms with E-state index in [9.17, 15) is 9.18 Å². The van der Waals surface area contributed by atoms with E-state index in [1.807, 2.05) is 0 Å². The summed E-state index contributed by atoms with van der Waals surface area (Å²) in [5.74, 6) is -0.698. The first kappa shape index (κ1) is 10.0. The number of nitrogens with two attached hydrogens (primary N) is 1. The van der Waals surface area contributed by atoms with E-state index in [1.165, 1.54) is 18.2 Å². The van der Waals surface area contributed by atoms with Crippen LogP contribution >= 0.6 is 0 Å². The molecule has 80 valence electrons. The SMILES string of the molecule is NC1(C(=O)Nc2cccc(F)n2)CCC1. The number of nitrogens with one attached hydrogen (secondary N) is 1. The fourth-order valence-corrected chi connectivity index (χ4v) is 1.50. The minimum atomic E-state index is -0.784. The maximum absolute atomic E-state index is 12.7. The van der Waals surface area contributed by atoms with Crippen LogP contribution < -0.4 is 11.1 Å². The van der Waals surface area contributed by atoms with E-state index in [1.54, 1.807) is 0 Å². The van der Waals surface area contributed by atoms with E-state index in [0.29, 0.717) is 12.8 Å². The van der Waals surface area contributed by atoms with Crippen LogP contribution in [0.4, 0.5) is 10.2 Å². The standard InChI is InChI=1S/C10H12FN3O/c11-7-3-1-4-8(13-7)14-9(15)10(12)5-2-6-10/h1,3-4H,2,5-6,12H2,(H,13,14,15).